The third kappa shape index (κ3) is 3.33. The van der Waals surface area contributed by atoms with Crippen molar-refractivity contribution >= 4 is 22.7 Å². The van der Waals surface area contributed by atoms with E-state index in [1.54, 1.807) is 21.4 Å². The van der Waals surface area contributed by atoms with Gasteiger partial charge in [-0.15, -0.1) is 6.58 Å². The number of aromatic hydroxyl groups is 1. The van der Waals surface area contributed by atoms with Gasteiger partial charge in [0.25, 0.3) is 0 Å². The molecule has 0 radical (unpaired) electrons. The molecule has 0 spiro atoms. The number of hydrogen-bond donors (Lipinski definition) is 2. The van der Waals surface area contributed by atoms with Crippen LogP contribution in [0.15, 0.2) is 30.9 Å². The summed E-state index contributed by atoms with van der Waals surface area (Å²) in [5.41, 5.74) is 7.56. The van der Waals surface area contributed by atoms with E-state index in [0.29, 0.717) is 35.6 Å². The molecule has 0 aliphatic heterocycles. The van der Waals surface area contributed by atoms with Crippen LogP contribution in [-0.4, -0.2) is 36.1 Å². The average Bonchev–Trinajstić information content (AvgIpc) is 3.16. The number of rotatable bonds is 7. The number of phenolic OH excluding ortho intramolecular Hbond substituents is 1. The number of aryl methyl sites for hydroxylation is 2. The van der Waals surface area contributed by atoms with Crippen molar-refractivity contribution in [2.75, 3.05) is 0 Å². The Hall–Kier alpha value is -3.42. The van der Waals surface area contributed by atoms with Crippen molar-refractivity contribution in [3.63, 3.8) is 0 Å². The van der Waals surface area contributed by atoms with E-state index in [4.69, 9.17) is 5.73 Å². The summed E-state index contributed by atoms with van der Waals surface area (Å²) in [5, 5.41) is 14.7. The van der Waals surface area contributed by atoms with Gasteiger partial charge in [-0.05, 0) is 32.0 Å². The predicted octanol–water partition coefficient (Wildman–Crippen LogP) is 1.98. The van der Waals surface area contributed by atoms with E-state index in [1.165, 1.54) is 12.1 Å². The fourth-order valence-electron chi connectivity index (χ4n) is 3.14. The van der Waals surface area contributed by atoms with Crippen LogP contribution < -0.4 is 5.73 Å². The Labute approximate surface area is 155 Å². The van der Waals surface area contributed by atoms with Gasteiger partial charge in [0, 0.05) is 18.7 Å². The van der Waals surface area contributed by atoms with Crippen molar-refractivity contribution in [2.45, 2.75) is 33.4 Å². The Kier molecular flexibility index (Phi) is 4.81. The average molecular weight is 367 g/mol. The number of benzene rings is 1. The minimum atomic E-state index is -0.662. The van der Waals surface area contributed by atoms with E-state index >= 15 is 0 Å². The van der Waals surface area contributed by atoms with Crippen molar-refractivity contribution in [1.82, 2.24) is 19.3 Å². The first-order valence-corrected chi connectivity index (χ1v) is 8.56. The third-order valence-electron chi connectivity index (χ3n) is 4.30. The van der Waals surface area contributed by atoms with Gasteiger partial charge in [0.1, 0.15) is 22.8 Å². The number of carbonyl (C=O) groups excluding carboxylic acids is 2. The van der Waals surface area contributed by atoms with Crippen LogP contribution in [-0.2, 0) is 19.5 Å². The van der Waals surface area contributed by atoms with Gasteiger partial charge in [-0.3, -0.25) is 14.3 Å². The van der Waals surface area contributed by atoms with E-state index in [1.807, 2.05) is 13.8 Å². The third-order valence-corrected chi connectivity index (χ3v) is 4.30. The molecule has 0 saturated carbocycles. The lowest BCUT2D eigenvalue weighted by atomic mass is 10.1. The molecule has 3 rings (SSSR count). The summed E-state index contributed by atoms with van der Waals surface area (Å²) in [7, 11) is 0. The van der Waals surface area contributed by atoms with Crippen molar-refractivity contribution in [2.24, 2.45) is 5.73 Å². The van der Waals surface area contributed by atoms with Crippen molar-refractivity contribution < 1.29 is 14.7 Å². The number of hydrogen-bond acceptors (Lipinski definition) is 5. The van der Waals surface area contributed by atoms with Crippen LogP contribution >= 0.6 is 0 Å². The number of amides is 1. The highest BCUT2D eigenvalue weighted by atomic mass is 16.3. The van der Waals surface area contributed by atoms with Crippen LogP contribution in [0.25, 0.3) is 11.0 Å². The number of nitrogens with two attached hydrogens (primary N) is 1. The molecule has 1 aromatic carbocycles. The van der Waals surface area contributed by atoms with Crippen LogP contribution in [0.2, 0.25) is 0 Å². The van der Waals surface area contributed by atoms with Crippen LogP contribution in [0.5, 0.6) is 5.75 Å². The topological polar surface area (TPSA) is 116 Å². The maximum Gasteiger partial charge on any atom is 0.248 e. The molecule has 8 nitrogen and oxygen atoms in total. The Morgan fingerprint density at radius 2 is 2.07 bits per heavy atom. The molecule has 0 bridgehead atoms. The number of aromatic nitrogens is 4. The summed E-state index contributed by atoms with van der Waals surface area (Å²) in [6.07, 6.45) is 1.68. The first-order valence-electron chi connectivity index (χ1n) is 8.56. The highest BCUT2D eigenvalue weighted by Gasteiger charge is 2.21. The first-order chi connectivity index (χ1) is 12.8. The van der Waals surface area contributed by atoms with Crippen LogP contribution in [0.1, 0.15) is 39.3 Å². The van der Waals surface area contributed by atoms with Crippen LogP contribution in [0, 0.1) is 6.92 Å². The lowest BCUT2D eigenvalue weighted by Gasteiger charge is -2.08. The number of primary amides is 1. The van der Waals surface area contributed by atoms with Gasteiger partial charge in [0.05, 0.1) is 17.6 Å². The maximum absolute atomic E-state index is 12.8. The number of phenols is 1. The lowest BCUT2D eigenvalue weighted by molar-refractivity contribution is 0.0976. The van der Waals surface area contributed by atoms with Crippen molar-refractivity contribution in [3.8, 4) is 5.75 Å². The fourth-order valence-corrected chi connectivity index (χ4v) is 3.14. The van der Waals surface area contributed by atoms with E-state index in [9.17, 15) is 14.7 Å². The Balaban J connectivity index is 2.08. The molecule has 140 valence electrons. The minimum absolute atomic E-state index is 0.0268. The molecule has 3 N–H and O–H groups in total. The summed E-state index contributed by atoms with van der Waals surface area (Å²) in [5.74, 6) is -0.449. The second-order valence-corrected chi connectivity index (χ2v) is 6.24. The van der Waals surface area contributed by atoms with E-state index in [-0.39, 0.29) is 23.5 Å². The molecule has 2 heterocycles. The molecule has 0 aliphatic rings. The van der Waals surface area contributed by atoms with Crippen molar-refractivity contribution in [1.29, 1.82) is 0 Å². The number of ketones is 1. The SMILES string of the molecule is C=CCn1c(CC(=O)c2cc(C)nn2CC)nc2cc(C(N)=O)cc(O)c21. The number of fused-ring (bicyclic) bond motifs is 1. The number of nitrogens with zero attached hydrogens (tertiary/aromatic N) is 4. The molecule has 2 aromatic heterocycles. The second kappa shape index (κ2) is 7.06. The fraction of sp³-hybridized carbons (Fsp3) is 0.263. The molecular weight excluding hydrogens is 346 g/mol. The zero-order valence-electron chi connectivity index (χ0n) is 15.3. The highest BCUT2D eigenvalue weighted by Crippen LogP contribution is 2.28. The largest absolute Gasteiger partial charge is 0.506 e. The maximum atomic E-state index is 12.8. The zero-order valence-corrected chi connectivity index (χ0v) is 15.3. The number of imidazole rings is 1. The Morgan fingerprint density at radius 1 is 1.33 bits per heavy atom. The zero-order chi connectivity index (χ0) is 19.7. The van der Waals surface area contributed by atoms with Crippen molar-refractivity contribution in [3.05, 3.63) is 53.6 Å². The molecule has 1 amide bonds. The lowest BCUT2D eigenvalue weighted by Crippen LogP contribution is -2.14. The van der Waals surface area contributed by atoms with Gasteiger partial charge in [-0.25, -0.2) is 4.98 Å². The van der Waals surface area contributed by atoms with Gasteiger partial charge in [-0.1, -0.05) is 6.08 Å². The number of Topliss-reactive ketones (excluding diaryl/α,β-unsaturated/α-hetero) is 1. The summed E-state index contributed by atoms with van der Waals surface area (Å²) < 4.78 is 3.36. The predicted molar refractivity (Wildman–Crippen MR) is 101 cm³/mol. The van der Waals surface area contributed by atoms with E-state index in [0.717, 1.165) is 5.69 Å². The quantitative estimate of drug-likeness (QED) is 0.489. The normalized spacial score (nSPS) is 11.0. The Bertz CT molecular complexity index is 1060. The summed E-state index contributed by atoms with van der Waals surface area (Å²) in [6.45, 7) is 8.41. The standard InChI is InChI=1S/C19H21N5O3/c1-4-6-23-17(10-15(25)14-7-11(3)22-24(14)5-2)21-13-8-12(19(20)27)9-16(26)18(13)23/h4,7-9,26H,1,5-6,10H2,2-3H3,(H2,20,27). The van der Waals surface area contributed by atoms with Gasteiger partial charge in [-0.2, -0.15) is 5.10 Å². The molecule has 0 aliphatic carbocycles. The minimum Gasteiger partial charge on any atom is -0.506 e. The number of allylic oxidation sites excluding steroid dienone is 1. The molecule has 0 atom stereocenters. The second-order valence-electron chi connectivity index (χ2n) is 6.24. The Morgan fingerprint density at radius 3 is 2.70 bits per heavy atom. The molecular formula is C19H21N5O3. The van der Waals surface area contributed by atoms with Gasteiger partial charge < -0.3 is 15.4 Å². The first kappa shape index (κ1) is 18.4. The molecule has 0 fully saturated rings. The van der Waals surface area contributed by atoms with Gasteiger partial charge >= 0.3 is 0 Å². The van der Waals surface area contributed by atoms with Crippen LogP contribution in [0.3, 0.4) is 0 Å². The summed E-state index contributed by atoms with van der Waals surface area (Å²) in [4.78, 5) is 28.7. The molecule has 0 saturated heterocycles. The van der Waals surface area contributed by atoms with E-state index < -0.39 is 5.91 Å². The smallest absolute Gasteiger partial charge is 0.248 e. The monoisotopic (exact) mass is 367 g/mol. The molecule has 27 heavy (non-hydrogen) atoms. The number of carbonyl (C=O) groups is 2. The summed E-state index contributed by atoms with van der Waals surface area (Å²) >= 11 is 0. The van der Waals surface area contributed by atoms with Crippen LogP contribution in [0.4, 0.5) is 0 Å². The van der Waals surface area contributed by atoms with E-state index in [2.05, 4.69) is 16.7 Å². The molecule has 0 unspecified atom stereocenters. The summed E-state index contributed by atoms with van der Waals surface area (Å²) in [6, 6.07) is 4.55. The molecule has 8 heteroatoms. The highest BCUT2D eigenvalue weighted by molar-refractivity contribution is 5.99. The molecule has 3 aromatic rings. The van der Waals surface area contributed by atoms with Gasteiger partial charge in [0.2, 0.25) is 5.91 Å². The van der Waals surface area contributed by atoms with Gasteiger partial charge in [0.15, 0.2) is 5.78 Å².